The highest BCUT2D eigenvalue weighted by Gasteiger charge is 2.29. The fourth-order valence-electron chi connectivity index (χ4n) is 4.75. The maximum absolute atomic E-state index is 13.2. The molecule has 1 saturated heterocycles. The van der Waals surface area contributed by atoms with E-state index in [1.807, 2.05) is 60.4 Å². The molecule has 2 amide bonds. The average molecular weight is 487 g/mol. The van der Waals surface area contributed by atoms with Gasteiger partial charge >= 0.3 is 0 Å². The lowest BCUT2D eigenvalue weighted by molar-refractivity contribution is -0.133. The molecule has 186 valence electrons. The number of carbonyl (C=O) groups is 2. The number of aromatic nitrogens is 1. The molecule has 0 bridgehead atoms. The Kier molecular flexibility index (Phi) is 7.02. The Labute approximate surface area is 210 Å². The quantitative estimate of drug-likeness (QED) is 0.550. The third kappa shape index (κ3) is 4.98. The van der Waals surface area contributed by atoms with E-state index in [9.17, 15) is 9.59 Å². The SMILES string of the molecule is CCC(C(=O)N1CCN(c2ncccc2C(=O)NCc2ccc3c(c2)OCO3)CC1)c1ccccc1. The van der Waals surface area contributed by atoms with E-state index < -0.39 is 0 Å². The van der Waals surface area contributed by atoms with Crippen molar-refractivity contribution in [2.75, 3.05) is 37.9 Å². The monoisotopic (exact) mass is 486 g/mol. The molecule has 2 aromatic carbocycles. The number of fused-ring (bicyclic) bond motifs is 1. The van der Waals surface area contributed by atoms with Crippen molar-refractivity contribution in [3.63, 3.8) is 0 Å². The van der Waals surface area contributed by atoms with Crippen molar-refractivity contribution in [3.8, 4) is 11.5 Å². The number of piperazine rings is 1. The molecule has 8 nitrogen and oxygen atoms in total. The molecule has 0 aliphatic carbocycles. The number of nitrogens with one attached hydrogen (secondary N) is 1. The van der Waals surface area contributed by atoms with Gasteiger partial charge in [0.1, 0.15) is 5.82 Å². The first-order chi connectivity index (χ1) is 17.6. The number of pyridine rings is 1. The molecular weight excluding hydrogens is 456 g/mol. The summed E-state index contributed by atoms with van der Waals surface area (Å²) in [7, 11) is 0. The van der Waals surface area contributed by atoms with Crippen molar-refractivity contribution in [1.82, 2.24) is 15.2 Å². The zero-order valence-corrected chi connectivity index (χ0v) is 20.4. The van der Waals surface area contributed by atoms with Crippen molar-refractivity contribution in [2.24, 2.45) is 0 Å². The van der Waals surface area contributed by atoms with Gasteiger partial charge in [0.15, 0.2) is 11.5 Å². The number of nitrogens with zero attached hydrogens (tertiary/aromatic N) is 3. The van der Waals surface area contributed by atoms with Crippen LogP contribution in [-0.4, -0.2) is 54.7 Å². The molecule has 5 rings (SSSR count). The fraction of sp³-hybridized carbons (Fsp3) is 0.321. The van der Waals surface area contributed by atoms with Gasteiger partial charge in [0, 0.05) is 38.9 Å². The second-order valence-corrected chi connectivity index (χ2v) is 8.93. The third-order valence-corrected chi connectivity index (χ3v) is 6.72. The predicted molar refractivity (Wildman–Crippen MR) is 136 cm³/mol. The number of carbonyl (C=O) groups excluding carboxylic acids is 2. The van der Waals surface area contributed by atoms with Gasteiger partial charge in [0.25, 0.3) is 5.91 Å². The standard InChI is InChI=1S/C28H30N4O4/c1-2-22(21-7-4-3-5-8-21)28(34)32-15-13-31(14-16-32)26-23(9-6-12-29-26)27(33)30-18-20-10-11-24-25(17-20)36-19-35-24/h3-12,17,22H,2,13-16,18-19H2,1H3,(H,30,33). The number of hydrogen-bond donors (Lipinski definition) is 1. The molecule has 0 radical (unpaired) electrons. The van der Waals surface area contributed by atoms with E-state index in [2.05, 4.69) is 15.2 Å². The Morgan fingerprint density at radius 1 is 0.972 bits per heavy atom. The van der Waals surface area contributed by atoms with Crippen LogP contribution in [0.4, 0.5) is 5.82 Å². The first kappa shape index (κ1) is 23.7. The zero-order chi connectivity index (χ0) is 24.9. The van der Waals surface area contributed by atoms with Crippen LogP contribution in [0.5, 0.6) is 11.5 Å². The summed E-state index contributed by atoms with van der Waals surface area (Å²) in [5.74, 6) is 1.88. The third-order valence-electron chi connectivity index (χ3n) is 6.72. The summed E-state index contributed by atoms with van der Waals surface area (Å²) in [4.78, 5) is 34.9. The van der Waals surface area contributed by atoms with Gasteiger partial charge in [-0.15, -0.1) is 0 Å². The number of rotatable bonds is 7. The number of benzene rings is 2. The molecule has 3 aromatic rings. The van der Waals surface area contributed by atoms with Crippen LogP contribution in [0, 0.1) is 0 Å². The topological polar surface area (TPSA) is 84.0 Å². The van der Waals surface area contributed by atoms with Gasteiger partial charge in [0.2, 0.25) is 12.7 Å². The van der Waals surface area contributed by atoms with E-state index in [0.717, 1.165) is 17.5 Å². The summed E-state index contributed by atoms with van der Waals surface area (Å²) >= 11 is 0. The highest BCUT2D eigenvalue weighted by molar-refractivity contribution is 5.99. The van der Waals surface area contributed by atoms with Crippen LogP contribution in [0.15, 0.2) is 66.9 Å². The average Bonchev–Trinajstić information content (AvgIpc) is 3.41. The number of amides is 2. The van der Waals surface area contributed by atoms with E-state index in [1.165, 1.54) is 0 Å². The van der Waals surface area contributed by atoms with Crippen molar-refractivity contribution in [3.05, 3.63) is 83.6 Å². The number of hydrogen-bond acceptors (Lipinski definition) is 6. The highest BCUT2D eigenvalue weighted by Crippen LogP contribution is 2.32. The molecule has 0 saturated carbocycles. The van der Waals surface area contributed by atoms with Gasteiger partial charge in [-0.3, -0.25) is 9.59 Å². The van der Waals surface area contributed by atoms with Crippen LogP contribution in [0.25, 0.3) is 0 Å². The molecule has 1 fully saturated rings. The van der Waals surface area contributed by atoms with Gasteiger partial charge in [-0.2, -0.15) is 0 Å². The zero-order valence-electron chi connectivity index (χ0n) is 20.4. The van der Waals surface area contributed by atoms with Crippen LogP contribution in [-0.2, 0) is 11.3 Å². The Morgan fingerprint density at radius 3 is 2.53 bits per heavy atom. The summed E-state index contributed by atoms with van der Waals surface area (Å²) in [5, 5.41) is 2.99. The molecule has 2 aliphatic heterocycles. The summed E-state index contributed by atoms with van der Waals surface area (Å²) in [6, 6.07) is 19.1. The molecule has 0 spiro atoms. The van der Waals surface area contributed by atoms with E-state index in [1.54, 1.807) is 18.3 Å². The minimum Gasteiger partial charge on any atom is -0.454 e. The lowest BCUT2D eigenvalue weighted by Gasteiger charge is -2.37. The van der Waals surface area contributed by atoms with Crippen LogP contribution in [0.2, 0.25) is 0 Å². The van der Waals surface area contributed by atoms with Crippen LogP contribution in [0.3, 0.4) is 0 Å². The largest absolute Gasteiger partial charge is 0.454 e. The molecule has 1 atom stereocenters. The summed E-state index contributed by atoms with van der Waals surface area (Å²) in [6.45, 7) is 5.06. The normalized spacial score (nSPS) is 15.5. The molecule has 1 aromatic heterocycles. The molecule has 1 N–H and O–H groups in total. The summed E-state index contributed by atoms with van der Waals surface area (Å²) in [6.07, 6.45) is 2.46. The number of anilines is 1. The Morgan fingerprint density at radius 2 is 1.75 bits per heavy atom. The van der Waals surface area contributed by atoms with Crippen LogP contribution >= 0.6 is 0 Å². The maximum atomic E-state index is 13.2. The second kappa shape index (κ2) is 10.7. The van der Waals surface area contributed by atoms with Crippen LogP contribution < -0.4 is 19.7 Å². The van der Waals surface area contributed by atoms with E-state index in [0.29, 0.717) is 55.6 Å². The molecular formula is C28H30N4O4. The van der Waals surface area contributed by atoms with E-state index in [4.69, 9.17) is 9.47 Å². The van der Waals surface area contributed by atoms with Gasteiger partial charge in [-0.1, -0.05) is 43.3 Å². The Balaban J connectivity index is 1.21. The van der Waals surface area contributed by atoms with Gasteiger partial charge in [-0.25, -0.2) is 4.98 Å². The first-order valence-corrected chi connectivity index (χ1v) is 12.3. The molecule has 1 unspecified atom stereocenters. The highest BCUT2D eigenvalue weighted by atomic mass is 16.7. The van der Waals surface area contributed by atoms with Crippen molar-refractivity contribution in [2.45, 2.75) is 25.8 Å². The molecule has 3 heterocycles. The van der Waals surface area contributed by atoms with Crippen LogP contribution in [0.1, 0.15) is 40.7 Å². The van der Waals surface area contributed by atoms with E-state index in [-0.39, 0.29) is 24.5 Å². The molecule has 36 heavy (non-hydrogen) atoms. The fourth-order valence-corrected chi connectivity index (χ4v) is 4.75. The van der Waals surface area contributed by atoms with Crippen molar-refractivity contribution in [1.29, 1.82) is 0 Å². The molecule has 8 heteroatoms. The molecule has 2 aliphatic rings. The number of ether oxygens (including phenoxy) is 2. The van der Waals surface area contributed by atoms with Crippen molar-refractivity contribution >= 4 is 17.6 Å². The maximum Gasteiger partial charge on any atom is 0.255 e. The summed E-state index contributed by atoms with van der Waals surface area (Å²) in [5.41, 5.74) is 2.50. The first-order valence-electron chi connectivity index (χ1n) is 12.3. The smallest absolute Gasteiger partial charge is 0.255 e. The van der Waals surface area contributed by atoms with Gasteiger partial charge in [-0.05, 0) is 41.8 Å². The Hall–Kier alpha value is -4.07. The lowest BCUT2D eigenvalue weighted by Crippen LogP contribution is -2.50. The van der Waals surface area contributed by atoms with Crippen molar-refractivity contribution < 1.29 is 19.1 Å². The van der Waals surface area contributed by atoms with E-state index >= 15 is 0 Å². The lowest BCUT2D eigenvalue weighted by atomic mass is 9.95. The second-order valence-electron chi connectivity index (χ2n) is 8.93. The minimum absolute atomic E-state index is 0.134. The minimum atomic E-state index is -0.190. The predicted octanol–water partition coefficient (Wildman–Crippen LogP) is 3.58. The Bertz CT molecular complexity index is 1230. The van der Waals surface area contributed by atoms with Gasteiger partial charge in [0.05, 0.1) is 11.5 Å². The summed E-state index contributed by atoms with van der Waals surface area (Å²) < 4.78 is 10.8. The van der Waals surface area contributed by atoms with Gasteiger partial charge < -0.3 is 24.6 Å².